The number of phenols is 2. The van der Waals surface area contributed by atoms with Gasteiger partial charge >= 0.3 is 11.6 Å². The zero-order chi connectivity index (χ0) is 13.3. The van der Waals surface area contributed by atoms with Crippen molar-refractivity contribution in [2.45, 2.75) is 13.5 Å². The lowest BCUT2D eigenvalue weighted by atomic mass is 10.1. The summed E-state index contributed by atoms with van der Waals surface area (Å²) in [4.78, 5) is 22.3. The van der Waals surface area contributed by atoms with Gasteiger partial charge in [0.2, 0.25) is 0 Å². The third-order valence-corrected chi connectivity index (χ3v) is 2.29. The fourth-order valence-corrected chi connectivity index (χ4v) is 1.59. The standard InChI is InChI=1S/C12H10O6/c1-6(13)17-5-9-3-7-2-8(14)4-10(15)11(7)12(16)18-9/h2-4,14-15H,5H2,1H3. The summed E-state index contributed by atoms with van der Waals surface area (Å²) in [5, 5.41) is 19.2. The summed E-state index contributed by atoms with van der Waals surface area (Å²) >= 11 is 0. The van der Waals surface area contributed by atoms with Crippen molar-refractivity contribution in [1.82, 2.24) is 0 Å². The van der Waals surface area contributed by atoms with Crippen LogP contribution >= 0.6 is 0 Å². The summed E-state index contributed by atoms with van der Waals surface area (Å²) in [5.74, 6) is -0.911. The molecule has 2 rings (SSSR count). The van der Waals surface area contributed by atoms with Crippen LogP contribution in [0.3, 0.4) is 0 Å². The Bertz CT molecular complexity index is 670. The second-order valence-corrected chi connectivity index (χ2v) is 3.71. The van der Waals surface area contributed by atoms with Crippen molar-refractivity contribution in [3.63, 3.8) is 0 Å². The number of carbonyl (C=O) groups excluding carboxylic acids is 1. The van der Waals surface area contributed by atoms with Crippen LogP contribution in [0.5, 0.6) is 11.5 Å². The van der Waals surface area contributed by atoms with Crippen LogP contribution in [-0.2, 0) is 16.1 Å². The molecule has 6 heteroatoms. The number of rotatable bonds is 2. The normalized spacial score (nSPS) is 10.5. The van der Waals surface area contributed by atoms with Crippen molar-refractivity contribution in [3.05, 3.63) is 34.4 Å². The van der Waals surface area contributed by atoms with Crippen molar-refractivity contribution < 1.29 is 24.2 Å². The summed E-state index contributed by atoms with van der Waals surface area (Å²) < 4.78 is 9.58. The molecule has 94 valence electrons. The molecule has 0 saturated carbocycles. The van der Waals surface area contributed by atoms with Crippen molar-refractivity contribution in [2.75, 3.05) is 0 Å². The molecule has 1 aromatic carbocycles. The molecule has 0 aliphatic rings. The van der Waals surface area contributed by atoms with Crippen molar-refractivity contribution >= 4 is 16.7 Å². The van der Waals surface area contributed by atoms with Crippen LogP contribution in [0.25, 0.3) is 10.8 Å². The summed E-state index contributed by atoms with van der Waals surface area (Å²) in [7, 11) is 0. The minimum absolute atomic E-state index is 0.0284. The molecule has 6 nitrogen and oxygen atoms in total. The van der Waals surface area contributed by atoms with Gasteiger partial charge in [0, 0.05) is 13.0 Å². The fraction of sp³-hybridized carbons (Fsp3) is 0.167. The highest BCUT2D eigenvalue weighted by Crippen LogP contribution is 2.27. The van der Waals surface area contributed by atoms with E-state index < -0.39 is 11.6 Å². The van der Waals surface area contributed by atoms with Crippen molar-refractivity contribution in [1.29, 1.82) is 0 Å². The first-order valence-electron chi connectivity index (χ1n) is 5.09. The number of benzene rings is 1. The number of phenolic OH excluding ortho intramolecular Hbond substituents is 2. The largest absolute Gasteiger partial charge is 0.508 e. The minimum Gasteiger partial charge on any atom is -0.508 e. The number of esters is 1. The van der Waals surface area contributed by atoms with Gasteiger partial charge in [0.15, 0.2) is 0 Å². The lowest BCUT2D eigenvalue weighted by molar-refractivity contribution is -0.142. The molecule has 1 heterocycles. The maximum atomic E-state index is 11.6. The number of carbonyl (C=O) groups is 1. The van der Waals surface area contributed by atoms with Gasteiger partial charge in [-0.2, -0.15) is 0 Å². The van der Waals surface area contributed by atoms with Crippen LogP contribution in [0.1, 0.15) is 12.7 Å². The number of ether oxygens (including phenoxy) is 1. The predicted molar refractivity (Wildman–Crippen MR) is 61.3 cm³/mol. The van der Waals surface area contributed by atoms with Crippen LogP contribution in [-0.4, -0.2) is 16.2 Å². The van der Waals surface area contributed by atoms with Gasteiger partial charge < -0.3 is 19.4 Å². The zero-order valence-electron chi connectivity index (χ0n) is 9.47. The van der Waals surface area contributed by atoms with Gasteiger partial charge in [-0.05, 0) is 17.5 Å². The molecular formula is C12H10O6. The predicted octanol–water partition coefficient (Wildman–Crippen LogP) is 1.27. The molecule has 2 aromatic rings. The highest BCUT2D eigenvalue weighted by Gasteiger charge is 2.11. The fourth-order valence-electron chi connectivity index (χ4n) is 1.59. The Kier molecular flexibility index (Phi) is 2.93. The first-order chi connectivity index (χ1) is 8.47. The Morgan fingerprint density at radius 3 is 2.72 bits per heavy atom. The maximum Gasteiger partial charge on any atom is 0.347 e. The second-order valence-electron chi connectivity index (χ2n) is 3.71. The van der Waals surface area contributed by atoms with E-state index in [4.69, 9.17) is 9.15 Å². The summed E-state index contributed by atoms with van der Waals surface area (Å²) in [6, 6.07) is 3.77. The number of aromatic hydroxyl groups is 2. The van der Waals surface area contributed by atoms with E-state index >= 15 is 0 Å². The zero-order valence-corrected chi connectivity index (χ0v) is 9.47. The van der Waals surface area contributed by atoms with Crippen molar-refractivity contribution in [3.8, 4) is 11.5 Å². The average Bonchev–Trinajstić information content (AvgIpc) is 2.24. The maximum absolute atomic E-state index is 11.6. The molecule has 0 aliphatic carbocycles. The van der Waals surface area contributed by atoms with Crippen LogP contribution in [0.15, 0.2) is 27.4 Å². The first-order valence-corrected chi connectivity index (χ1v) is 5.09. The average molecular weight is 250 g/mol. The van der Waals surface area contributed by atoms with E-state index in [2.05, 4.69) is 0 Å². The lowest BCUT2D eigenvalue weighted by Gasteiger charge is -2.04. The van der Waals surface area contributed by atoms with Gasteiger partial charge in [-0.3, -0.25) is 4.79 Å². The number of hydrogen-bond donors (Lipinski definition) is 2. The number of fused-ring (bicyclic) bond motifs is 1. The third-order valence-electron chi connectivity index (χ3n) is 2.29. The Labute approximate surface area is 101 Å². The van der Waals surface area contributed by atoms with E-state index in [1.165, 1.54) is 19.1 Å². The lowest BCUT2D eigenvalue weighted by Crippen LogP contribution is -2.05. The smallest absolute Gasteiger partial charge is 0.347 e. The van der Waals surface area contributed by atoms with Gasteiger partial charge in [-0.25, -0.2) is 4.79 Å². The van der Waals surface area contributed by atoms with Gasteiger partial charge in [0.05, 0.1) is 0 Å². The molecule has 0 aliphatic heterocycles. The minimum atomic E-state index is -0.757. The second kappa shape index (κ2) is 4.40. The van der Waals surface area contributed by atoms with Gasteiger partial charge in [0.1, 0.15) is 29.3 Å². The molecule has 0 fully saturated rings. The monoisotopic (exact) mass is 250 g/mol. The summed E-state index contributed by atoms with van der Waals surface area (Å²) in [5.41, 5.74) is -0.757. The third kappa shape index (κ3) is 2.27. The Morgan fingerprint density at radius 1 is 1.33 bits per heavy atom. The SMILES string of the molecule is CC(=O)OCc1cc2cc(O)cc(O)c2c(=O)o1. The highest BCUT2D eigenvalue weighted by atomic mass is 16.5. The molecule has 0 atom stereocenters. The van der Waals surface area contributed by atoms with E-state index in [9.17, 15) is 19.8 Å². The molecule has 0 spiro atoms. The number of hydrogen-bond acceptors (Lipinski definition) is 6. The molecule has 0 saturated heterocycles. The summed E-state index contributed by atoms with van der Waals surface area (Å²) in [6.45, 7) is 1.05. The van der Waals surface area contributed by atoms with E-state index in [-0.39, 0.29) is 29.3 Å². The molecular weight excluding hydrogens is 240 g/mol. The quantitative estimate of drug-likeness (QED) is 0.779. The molecule has 18 heavy (non-hydrogen) atoms. The Hall–Kier alpha value is -2.50. The van der Waals surface area contributed by atoms with Crippen LogP contribution in [0.2, 0.25) is 0 Å². The molecule has 0 bridgehead atoms. The van der Waals surface area contributed by atoms with E-state index in [1.54, 1.807) is 0 Å². The van der Waals surface area contributed by atoms with Crippen molar-refractivity contribution in [2.24, 2.45) is 0 Å². The van der Waals surface area contributed by atoms with E-state index in [0.717, 1.165) is 6.07 Å². The van der Waals surface area contributed by atoms with Crippen LogP contribution in [0, 0.1) is 0 Å². The Morgan fingerprint density at radius 2 is 2.06 bits per heavy atom. The Balaban J connectivity index is 2.55. The first kappa shape index (κ1) is 12.0. The molecule has 0 unspecified atom stereocenters. The van der Waals surface area contributed by atoms with E-state index in [1.807, 2.05) is 0 Å². The molecule has 0 radical (unpaired) electrons. The van der Waals surface area contributed by atoms with Gasteiger partial charge in [-0.1, -0.05) is 0 Å². The van der Waals surface area contributed by atoms with Gasteiger partial charge in [0.25, 0.3) is 0 Å². The topological polar surface area (TPSA) is 97.0 Å². The summed E-state index contributed by atoms with van der Waals surface area (Å²) in [6.07, 6.45) is 0. The highest BCUT2D eigenvalue weighted by molar-refractivity contribution is 5.88. The van der Waals surface area contributed by atoms with Crippen LogP contribution in [0.4, 0.5) is 0 Å². The van der Waals surface area contributed by atoms with Gasteiger partial charge in [-0.15, -0.1) is 0 Å². The molecule has 2 N–H and O–H groups in total. The molecule has 0 amide bonds. The van der Waals surface area contributed by atoms with E-state index in [0.29, 0.717) is 5.39 Å². The van der Waals surface area contributed by atoms with Crippen LogP contribution < -0.4 is 5.63 Å². The molecule has 1 aromatic heterocycles.